The number of nitrogens with two attached hydrogens (primary N) is 1. The van der Waals surface area contributed by atoms with Gasteiger partial charge in [0, 0.05) is 17.7 Å². The summed E-state index contributed by atoms with van der Waals surface area (Å²) in [6, 6.07) is 2.94. The van der Waals surface area contributed by atoms with Crippen molar-refractivity contribution >= 4 is 11.4 Å². The Kier molecular flexibility index (Phi) is 4.82. The van der Waals surface area contributed by atoms with Crippen LogP contribution in [0.4, 0.5) is 15.8 Å². The van der Waals surface area contributed by atoms with E-state index in [9.17, 15) is 4.39 Å². The highest BCUT2D eigenvalue weighted by molar-refractivity contribution is 5.69. The molecule has 1 rings (SSSR count). The molecule has 1 aromatic rings. The zero-order valence-electron chi connectivity index (χ0n) is 11.6. The predicted molar refractivity (Wildman–Crippen MR) is 74.6 cm³/mol. The Hall–Kier alpha value is -1.45. The third-order valence-electron chi connectivity index (χ3n) is 2.92. The smallest absolute Gasteiger partial charge is 0.167 e. The molecule has 102 valence electrons. The fourth-order valence-corrected chi connectivity index (χ4v) is 1.45. The normalized spacial score (nSPS) is 11.4. The van der Waals surface area contributed by atoms with Crippen LogP contribution in [-0.2, 0) is 0 Å². The molecule has 0 atom stereocenters. The maximum absolute atomic E-state index is 13.6. The number of ether oxygens (including phenoxy) is 1. The Balaban J connectivity index is 2.97. The lowest BCUT2D eigenvalue weighted by molar-refractivity contribution is 0.301. The van der Waals surface area contributed by atoms with E-state index in [1.54, 1.807) is 6.07 Å². The van der Waals surface area contributed by atoms with Crippen molar-refractivity contribution in [2.24, 2.45) is 0 Å². The molecule has 0 spiro atoms. The minimum absolute atomic E-state index is 0.0893. The maximum atomic E-state index is 13.6. The molecular weight excluding hydrogens is 231 g/mol. The van der Waals surface area contributed by atoms with E-state index in [1.165, 1.54) is 6.07 Å². The van der Waals surface area contributed by atoms with E-state index in [4.69, 9.17) is 10.5 Å². The Labute approximate surface area is 109 Å². The first-order valence-electron chi connectivity index (χ1n) is 6.39. The van der Waals surface area contributed by atoms with E-state index in [-0.39, 0.29) is 11.3 Å². The molecule has 0 unspecified atom stereocenters. The van der Waals surface area contributed by atoms with Gasteiger partial charge in [0.05, 0.1) is 18.0 Å². The van der Waals surface area contributed by atoms with Gasteiger partial charge in [0.2, 0.25) is 0 Å². The van der Waals surface area contributed by atoms with Gasteiger partial charge >= 0.3 is 0 Å². The highest BCUT2D eigenvalue weighted by Crippen LogP contribution is 2.30. The summed E-state index contributed by atoms with van der Waals surface area (Å²) in [5, 5.41) is 3.31. The van der Waals surface area contributed by atoms with Gasteiger partial charge in [-0.2, -0.15) is 0 Å². The van der Waals surface area contributed by atoms with Gasteiger partial charge < -0.3 is 15.8 Å². The molecule has 0 bridgehead atoms. The molecule has 0 amide bonds. The predicted octanol–water partition coefficient (Wildman–Crippen LogP) is 3.80. The lowest BCUT2D eigenvalue weighted by Crippen LogP contribution is -2.30. The number of nitrogens with one attached hydrogen (secondary N) is 1. The first-order valence-corrected chi connectivity index (χ1v) is 6.39. The van der Waals surface area contributed by atoms with Gasteiger partial charge in [0.25, 0.3) is 0 Å². The molecule has 0 fully saturated rings. The summed E-state index contributed by atoms with van der Waals surface area (Å²) in [7, 11) is 0. The highest BCUT2D eigenvalue weighted by Gasteiger charge is 2.17. The van der Waals surface area contributed by atoms with Crippen molar-refractivity contribution in [3.8, 4) is 5.75 Å². The number of hydrogen-bond donors (Lipinski definition) is 2. The second kappa shape index (κ2) is 5.94. The van der Waals surface area contributed by atoms with Crippen molar-refractivity contribution in [3.63, 3.8) is 0 Å². The summed E-state index contributed by atoms with van der Waals surface area (Å²) in [6.45, 7) is 8.71. The maximum Gasteiger partial charge on any atom is 0.167 e. The van der Waals surface area contributed by atoms with Crippen molar-refractivity contribution in [3.05, 3.63) is 17.9 Å². The molecule has 3 N–H and O–H groups in total. The average molecular weight is 254 g/mol. The number of anilines is 2. The van der Waals surface area contributed by atoms with Crippen LogP contribution < -0.4 is 15.8 Å². The molecule has 0 aliphatic heterocycles. The van der Waals surface area contributed by atoms with E-state index in [0.717, 1.165) is 12.8 Å². The largest absolute Gasteiger partial charge is 0.490 e. The summed E-state index contributed by atoms with van der Waals surface area (Å²) >= 11 is 0. The van der Waals surface area contributed by atoms with Crippen LogP contribution in [0, 0.1) is 5.82 Å². The zero-order chi connectivity index (χ0) is 13.8. The number of nitrogen functional groups attached to an aromatic ring is 1. The molecule has 0 aliphatic rings. The lowest BCUT2D eigenvalue weighted by Gasteiger charge is -2.27. The van der Waals surface area contributed by atoms with E-state index in [2.05, 4.69) is 26.1 Å². The monoisotopic (exact) mass is 254 g/mol. The van der Waals surface area contributed by atoms with Crippen molar-refractivity contribution in [1.29, 1.82) is 0 Å². The van der Waals surface area contributed by atoms with Gasteiger partial charge in [0.15, 0.2) is 11.6 Å². The molecule has 4 heteroatoms. The molecule has 3 nitrogen and oxygen atoms in total. The van der Waals surface area contributed by atoms with Crippen molar-refractivity contribution in [2.75, 3.05) is 17.7 Å². The van der Waals surface area contributed by atoms with Crippen LogP contribution in [0.25, 0.3) is 0 Å². The van der Waals surface area contributed by atoms with Crippen LogP contribution >= 0.6 is 0 Å². The molecule has 18 heavy (non-hydrogen) atoms. The number of rotatable bonds is 6. The number of hydrogen-bond acceptors (Lipinski definition) is 3. The SMILES string of the molecule is CCCOc1cc(NC(C)(C)CC)c(N)cc1F. The summed E-state index contributed by atoms with van der Waals surface area (Å²) in [6.07, 6.45) is 1.78. The van der Waals surface area contributed by atoms with Crippen molar-refractivity contribution < 1.29 is 9.13 Å². The molecular formula is C14H23FN2O. The number of halogens is 1. The van der Waals surface area contributed by atoms with E-state index < -0.39 is 5.82 Å². The van der Waals surface area contributed by atoms with Crippen LogP contribution in [0.3, 0.4) is 0 Å². The van der Waals surface area contributed by atoms with Gasteiger partial charge in [0.1, 0.15) is 0 Å². The molecule has 0 aromatic heterocycles. The topological polar surface area (TPSA) is 47.3 Å². The second-order valence-corrected chi connectivity index (χ2v) is 5.08. The quantitative estimate of drug-likeness (QED) is 0.759. The standard InChI is InChI=1S/C14H23FN2O/c1-5-7-18-13-9-12(11(16)8-10(13)15)17-14(3,4)6-2/h8-9,17H,5-7,16H2,1-4H3. The summed E-state index contributed by atoms with van der Waals surface area (Å²) in [5.41, 5.74) is 6.85. The highest BCUT2D eigenvalue weighted by atomic mass is 19.1. The minimum Gasteiger partial charge on any atom is -0.490 e. The molecule has 0 heterocycles. The zero-order valence-corrected chi connectivity index (χ0v) is 11.6. The van der Waals surface area contributed by atoms with Crippen LogP contribution in [0.15, 0.2) is 12.1 Å². The van der Waals surface area contributed by atoms with Crippen molar-refractivity contribution in [1.82, 2.24) is 0 Å². The summed E-state index contributed by atoms with van der Waals surface area (Å²) in [4.78, 5) is 0. The fourth-order valence-electron chi connectivity index (χ4n) is 1.45. The van der Waals surface area contributed by atoms with E-state index >= 15 is 0 Å². The summed E-state index contributed by atoms with van der Waals surface area (Å²) < 4.78 is 19.0. The Morgan fingerprint density at radius 1 is 1.33 bits per heavy atom. The van der Waals surface area contributed by atoms with Crippen LogP contribution in [-0.4, -0.2) is 12.1 Å². The molecule has 0 aliphatic carbocycles. The Morgan fingerprint density at radius 2 is 2.00 bits per heavy atom. The van der Waals surface area contributed by atoms with Gasteiger partial charge in [-0.25, -0.2) is 4.39 Å². The fraction of sp³-hybridized carbons (Fsp3) is 0.571. The van der Waals surface area contributed by atoms with Gasteiger partial charge in [-0.3, -0.25) is 0 Å². The number of benzene rings is 1. The average Bonchev–Trinajstić information content (AvgIpc) is 2.31. The van der Waals surface area contributed by atoms with E-state index in [1.807, 2.05) is 6.92 Å². The molecule has 0 radical (unpaired) electrons. The Bertz CT molecular complexity index is 405. The van der Waals surface area contributed by atoms with Crippen LogP contribution in [0.2, 0.25) is 0 Å². The third kappa shape index (κ3) is 3.79. The first kappa shape index (κ1) is 14.6. The van der Waals surface area contributed by atoms with Crippen LogP contribution in [0.5, 0.6) is 5.75 Å². The van der Waals surface area contributed by atoms with Gasteiger partial charge in [-0.15, -0.1) is 0 Å². The van der Waals surface area contributed by atoms with Crippen molar-refractivity contribution in [2.45, 2.75) is 46.1 Å². The third-order valence-corrected chi connectivity index (χ3v) is 2.92. The second-order valence-electron chi connectivity index (χ2n) is 5.08. The summed E-state index contributed by atoms with van der Waals surface area (Å²) in [5.74, 6) is -0.166. The van der Waals surface area contributed by atoms with E-state index in [0.29, 0.717) is 18.0 Å². The molecule has 1 aromatic carbocycles. The molecule has 0 saturated heterocycles. The first-order chi connectivity index (χ1) is 8.39. The Morgan fingerprint density at radius 3 is 2.56 bits per heavy atom. The van der Waals surface area contributed by atoms with Gasteiger partial charge in [-0.05, 0) is 26.7 Å². The van der Waals surface area contributed by atoms with Gasteiger partial charge in [-0.1, -0.05) is 13.8 Å². The molecule has 0 saturated carbocycles. The van der Waals surface area contributed by atoms with Crippen LogP contribution in [0.1, 0.15) is 40.5 Å². The lowest BCUT2D eigenvalue weighted by atomic mass is 10.0. The minimum atomic E-state index is -0.416.